The zero-order valence-corrected chi connectivity index (χ0v) is 26.3. The second kappa shape index (κ2) is 9.44. The fourth-order valence-electron chi connectivity index (χ4n) is 10.0. The number of imidazole rings is 1. The van der Waals surface area contributed by atoms with Crippen LogP contribution < -0.4 is 4.74 Å². The number of aromatic hydroxyl groups is 1. The van der Waals surface area contributed by atoms with Gasteiger partial charge in [0.15, 0.2) is 17.3 Å². The lowest BCUT2D eigenvalue weighted by molar-refractivity contribution is -0.134. The summed E-state index contributed by atoms with van der Waals surface area (Å²) < 4.78 is 20.8. The van der Waals surface area contributed by atoms with Crippen molar-refractivity contribution in [1.29, 1.82) is 0 Å². The number of hydrogen-bond donors (Lipinski definition) is 2. The van der Waals surface area contributed by atoms with E-state index in [9.17, 15) is 10.2 Å². The molecule has 9 rings (SSSR count). The summed E-state index contributed by atoms with van der Waals surface area (Å²) in [6.07, 6.45) is 8.91. The summed E-state index contributed by atoms with van der Waals surface area (Å²) in [5, 5.41) is 27.9. The van der Waals surface area contributed by atoms with E-state index in [4.69, 9.17) is 19.0 Å². The van der Waals surface area contributed by atoms with Gasteiger partial charge in [-0.15, -0.1) is 0 Å². The first kappa shape index (κ1) is 27.6. The number of aliphatic hydroxyl groups is 1. The summed E-state index contributed by atoms with van der Waals surface area (Å²) in [7, 11) is 4.01. The molecule has 45 heavy (non-hydrogen) atoms. The van der Waals surface area contributed by atoms with E-state index in [1.807, 2.05) is 19.9 Å². The van der Waals surface area contributed by atoms with Gasteiger partial charge in [0.25, 0.3) is 0 Å². The number of hydrogen-bond acceptors (Lipinski definition) is 8. The van der Waals surface area contributed by atoms with Crippen LogP contribution in [0.25, 0.3) is 22.2 Å². The maximum atomic E-state index is 12.4. The zero-order chi connectivity index (χ0) is 30.8. The highest BCUT2D eigenvalue weighted by atomic mass is 16.5. The Hall–Kier alpha value is -3.66. The summed E-state index contributed by atoms with van der Waals surface area (Å²) in [6, 6.07) is 10.7. The van der Waals surface area contributed by atoms with Crippen LogP contribution in [0.5, 0.6) is 11.5 Å². The third kappa shape index (κ3) is 3.39. The summed E-state index contributed by atoms with van der Waals surface area (Å²) in [6.45, 7) is 4.77. The number of piperidine rings is 1. The molecule has 5 aliphatic rings. The van der Waals surface area contributed by atoms with Crippen molar-refractivity contribution in [3.8, 4) is 22.6 Å². The first-order valence-electron chi connectivity index (χ1n) is 16.4. The average Bonchev–Trinajstić information content (AvgIpc) is 3.70. The van der Waals surface area contributed by atoms with Gasteiger partial charge in [-0.2, -0.15) is 0 Å². The van der Waals surface area contributed by atoms with E-state index >= 15 is 0 Å². The van der Waals surface area contributed by atoms with Crippen molar-refractivity contribution in [1.82, 2.24) is 19.6 Å². The molecule has 4 heterocycles. The van der Waals surface area contributed by atoms with Crippen molar-refractivity contribution in [2.45, 2.75) is 87.7 Å². The molecule has 0 unspecified atom stereocenters. The SMILES string of the molecule is COC1CCC(n2c([C@@]34Oc5c(O)ccc6c5[C@@]35CCN(C)[C@H](C6)[C@@H]5C=C[C@@H]4O)nc3cc(-c4c(C)noc4C)ccc32)CC1. The van der Waals surface area contributed by atoms with Crippen LogP contribution in [0, 0.1) is 19.8 Å². The number of aromatic nitrogens is 3. The van der Waals surface area contributed by atoms with Gasteiger partial charge in [0.05, 0.1) is 28.2 Å². The molecule has 234 valence electrons. The highest BCUT2D eigenvalue weighted by molar-refractivity contribution is 5.84. The number of fused-ring (bicyclic) bond motifs is 1. The predicted molar refractivity (Wildman–Crippen MR) is 168 cm³/mol. The number of rotatable bonds is 4. The molecule has 5 atom stereocenters. The van der Waals surface area contributed by atoms with E-state index in [2.05, 4.69) is 52.0 Å². The van der Waals surface area contributed by atoms with Crippen molar-refractivity contribution >= 4 is 11.0 Å². The Labute approximate surface area is 262 Å². The number of methoxy groups -OCH3 is 1. The predicted octanol–water partition coefficient (Wildman–Crippen LogP) is 5.48. The Bertz CT molecular complexity index is 1870. The van der Waals surface area contributed by atoms with Crippen LogP contribution in [0.3, 0.4) is 0 Å². The minimum Gasteiger partial charge on any atom is -0.504 e. The van der Waals surface area contributed by atoms with Crippen LogP contribution in [0.4, 0.5) is 0 Å². The number of likely N-dealkylation sites (tertiary alicyclic amines) is 1. The highest BCUT2D eigenvalue weighted by Gasteiger charge is 2.74. The third-order valence-electron chi connectivity index (χ3n) is 12.0. The maximum absolute atomic E-state index is 12.4. The normalized spacial score (nSPS) is 33.4. The van der Waals surface area contributed by atoms with E-state index in [1.54, 1.807) is 13.2 Å². The lowest BCUT2D eigenvalue weighted by Crippen LogP contribution is -2.70. The minimum atomic E-state index is -1.21. The molecule has 1 saturated heterocycles. The molecular weight excluding hydrogens is 568 g/mol. The van der Waals surface area contributed by atoms with Crippen LogP contribution in [-0.2, 0) is 22.2 Å². The molecule has 0 amide bonds. The second-order valence-corrected chi connectivity index (χ2v) is 14.0. The van der Waals surface area contributed by atoms with Gasteiger partial charge in [-0.05, 0) is 95.3 Å². The number of phenols is 1. The largest absolute Gasteiger partial charge is 0.504 e. The monoisotopic (exact) mass is 608 g/mol. The number of likely N-dealkylation sites (N-methyl/N-ethyl adjacent to an activating group) is 1. The molecule has 2 N–H and O–H groups in total. The summed E-state index contributed by atoms with van der Waals surface area (Å²) in [5.41, 5.74) is 5.19. The van der Waals surface area contributed by atoms with Crippen LogP contribution in [0.15, 0.2) is 47.0 Å². The van der Waals surface area contributed by atoms with Crippen LogP contribution in [0.1, 0.15) is 66.6 Å². The van der Waals surface area contributed by atoms with Gasteiger partial charge < -0.3 is 33.7 Å². The topological polar surface area (TPSA) is 106 Å². The molecule has 4 aromatic rings. The number of ether oxygens (including phenoxy) is 2. The van der Waals surface area contributed by atoms with Gasteiger partial charge >= 0.3 is 0 Å². The number of nitrogens with zero attached hydrogens (tertiary/aromatic N) is 4. The Kier molecular flexibility index (Phi) is 5.79. The Balaban J connectivity index is 1.33. The van der Waals surface area contributed by atoms with E-state index in [0.717, 1.165) is 90.1 Å². The van der Waals surface area contributed by atoms with Crippen molar-refractivity contribution in [3.05, 3.63) is 70.9 Å². The molecule has 2 bridgehead atoms. The maximum Gasteiger partial charge on any atom is 0.206 e. The smallest absolute Gasteiger partial charge is 0.206 e. The molecule has 1 saturated carbocycles. The Morgan fingerprint density at radius 1 is 1.07 bits per heavy atom. The van der Waals surface area contributed by atoms with Gasteiger partial charge in [-0.1, -0.05) is 29.4 Å². The number of benzene rings is 2. The van der Waals surface area contributed by atoms with Gasteiger partial charge in [-0.3, -0.25) is 0 Å². The lowest BCUT2D eigenvalue weighted by Gasteiger charge is -2.60. The number of aryl methyl sites for hydroxylation is 2. The fraction of sp³-hybridized carbons (Fsp3) is 0.500. The molecular formula is C36H40N4O5. The molecule has 2 aliphatic heterocycles. The first-order chi connectivity index (χ1) is 21.8. The van der Waals surface area contributed by atoms with E-state index in [-0.39, 0.29) is 29.9 Å². The van der Waals surface area contributed by atoms with Crippen molar-refractivity contribution in [2.75, 3.05) is 20.7 Å². The Morgan fingerprint density at radius 2 is 1.89 bits per heavy atom. The van der Waals surface area contributed by atoms with Gasteiger partial charge in [0, 0.05) is 36.2 Å². The van der Waals surface area contributed by atoms with Gasteiger partial charge in [0.2, 0.25) is 5.60 Å². The minimum absolute atomic E-state index is 0.102. The first-order valence-corrected chi connectivity index (χ1v) is 16.4. The Morgan fingerprint density at radius 3 is 2.64 bits per heavy atom. The molecule has 0 radical (unpaired) electrons. The molecule has 3 aliphatic carbocycles. The molecule has 2 aromatic carbocycles. The fourth-order valence-corrected chi connectivity index (χ4v) is 10.0. The number of phenolic OH excluding ortho intramolecular Hbond substituents is 1. The quantitative estimate of drug-likeness (QED) is 0.294. The molecule has 9 nitrogen and oxygen atoms in total. The molecule has 2 fully saturated rings. The van der Waals surface area contributed by atoms with Crippen LogP contribution in [0.2, 0.25) is 0 Å². The van der Waals surface area contributed by atoms with E-state index in [0.29, 0.717) is 5.75 Å². The van der Waals surface area contributed by atoms with Crippen molar-refractivity contribution in [3.63, 3.8) is 0 Å². The summed E-state index contributed by atoms with van der Waals surface area (Å²) in [4.78, 5) is 7.95. The highest BCUT2D eigenvalue weighted by Crippen LogP contribution is 2.69. The summed E-state index contributed by atoms with van der Waals surface area (Å²) >= 11 is 0. The van der Waals surface area contributed by atoms with Crippen LogP contribution >= 0.6 is 0 Å². The molecule has 1 spiro atoms. The van der Waals surface area contributed by atoms with Gasteiger partial charge in [0.1, 0.15) is 11.9 Å². The number of aliphatic hydroxyl groups excluding tert-OH is 1. The van der Waals surface area contributed by atoms with Gasteiger partial charge in [-0.25, -0.2) is 4.98 Å². The van der Waals surface area contributed by atoms with E-state index in [1.165, 1.54) is 5.56 Å². The molecule has 2 aromatic heterocycles. The van der Waals surface area contributed by atoms with Crippen molar-refractivity contribution in [2.24, 2.45) is 5.92 Å². The van der Waals surface area contributed by atoms with E-state index < -0.39 is 17.1 Å². The second-order valence-electron chi connectivity index (χ2n) is 14.0. The zero-order valence-electron chi connectivity index (χ0n) is 26.3. The lowest BCUT2D eigenvalue weighted by atomic mass is 9.48. The van der Waals surface area contributed by atoms with Crippen LogP contribution in [-0.4, -0.2) is 68.8 Å². The standard InChI is InChI=1S/C36H40N4O5/c1-19-31(20(2)45-38-19)21-5-12-27-26(17-21)37-34(40(27)23-7-9-24(43-4)10-8-23)36-30(42)14-11-25-28-18-22-6-13-29(41)33(44-36)32(22)35(25,36)15-16-39(28)3/h5-6,11-14,17,23-25,28,30,41-42H,7-10,15-16,18H2,1-4H3/t23?,24?,25-,28+,30-,35-,36+/m0/s1. The van der Waals surface area contributed by atoms with Crippen molar-refractivity contribution < 1.29 is 24.2 Å². The average molecular weight is 609 g/mol. The third-order valence-corrected chi connectivity index (χ3v) is 12.0. The summed E-state index contributed by atoms with van der Waals surface area (Å²) in [5.74, 6) is 2.27. The molecule has 9 heteroatoms.